The molecular formula is C22H39NO2. The highest BCUT2D eigenvalue weighted by Crippen LogP contribution is 2.61. The Morgan fingerprint density at radius 3 is 2.40 bits per heavy atom. The quantitative estimate of drug-likeness (QED) is 0.666. The summed E-state index contributed by atoms with van der Waals surface area (Å²) in [5.74, 6) is 3.09. The second kappa shape index (κ2) is 7.86. The van der Waals surface area contributed by atoms with Gasteiger partial charge in [0.2, 0.25) is 0 Å². The average Bonchev–Trinajstić information content (AvgIpc) is 2.58. The van der Waals surface area contributed by atoms with Crippen LogP contribution in [0.1, 0.15) is 77.6 Å². The number of likely N-dealkylation sites (tertiary alicyclic amines) is 1. The molecule has 5 fully saturated rings. The maximum atomic E-state index is 10.4. The molecule has 5 rings (SSSR count). The van der Waals surface area contributed by atoms with E-state index in [0.717, 1.165) is 37.5 Å². The van der Waals surface area contributed by atoms with E-state index in [2.05, 4.69) is 11.8 Å². The number of rotatable bonds is 8. The van der Waals surface area contributed by atoms with E-state index in [-0.39, 0.29) is 6.10 Å². The largest absolute Gasteiger partial charge is 0.389 e. The fourth-order valence-electron chi connectivity index (χ4n) is 7.19. The van der Waals surface area contributed by atoms with Crippen molar-refractivity contribution in [2.75, 3.05) is 26.3 Å². The Bertz CT molecular complexity index is 402. The van der Waals surface area contributed by atoms with Crippen molar-refractivity contribution in [3.63, 3.8) is 0 Å². The molecule has 1 saturated heterocycles. The number of β-amino-alcohol motifs (C(OH)–C–C–N with tert-alkyl or cyclic N) is 1. The fourth-order valence-corrected chi connectivity index (χ4v) is 7.19. The minimum atomic E-state index is -0.316. The van der Waals surface area contributed by atoms with Crippen LogP contribution in [-0.2, 0) is 4.74 Å². The fraction of sp³-hybridized carbons (Fsp3) is 1.00. The topological polar surface area (TPSA) is 32.7 Å². The van der Waals surface area contributed by atoms with E-state index in [1.54, 1.807) is 0 Å². The van der Waals surface area contributed by atoms with Gasteiger partial charge < -0.3 is 9.84 Å². The molecule has 3 heteroatoms. The first-order valence-corrected chi connectivity index (χ1v) is 11.2. The monoisotopic (exact) mass is 349 g/mol. The Balaban J connectivity index is 1.17. The Morgan fingerprint density at radius 1 is 1.08 bits per heavy atom. The number of hydrogen-bond donors (Lipinski definition) is 1. The van der Waals surface area contributed by atoms with Crippen LogP contribution in [0, 0.1) is 23.2 Å². The van der Waals surface area contributed by atoms with Gasteiger partial charge >= 0.3 is 0 Å². The summed E-state index contributed by atoms with van der Waals surface area (Å²) in [6, 6.07) is 0.676. The van der Waals surface area contributed by atoms with Gasteiger partial charge in [-0.1, -0.05) is 13.3 Å². The molecule has 4 bridgehead atoms. The van der Waals surface area contributed by atoms with Crippen molar-refractivity contribution in [3.05, 3.63) is 0 Å². The number of hydrogen-bond acceptors (Lipinski definition) is 3. The molecule has 4 saturated carbocycles. The van der Waals surface area contributed by atoms with Crippen molar-refractivity contribution in [3.8, 4) is 0 Å². The highest BCUT2D eigenvalue weighted by Gasteiger charge is 2.50. The van der Waals surface area contributed by atoms with Gasteiger partial charge in [0.15, 0.2) is 0 Å². The molecule has 3 nitrogen and oxygen atoms in total. The summed E-state index contributed by atoms with van der Waals surface area (Å²) < 4.78 is 5.97. The molecule has 0 aromatic rings. The van der Waals surface area contributed by atoms with Gasteiger partial charge in [0.25, 0.3) is 0 Å². The van der Waals surface area contributed by atoms with Gasteiger partial charge in [0.05, 0.1) is 12.7 Å². The molecule has 0 amide bonds. The van der Waals surface area contributed by atoms with Gasteiger partial charge in [-0.25, -0.2) is 0 Å². The minimum absolute atomic E-state index is 0.316. The van der Waals surface area contributed by atoms with Crippen LogP contribution in [-0.4, -0.2) is 48.5 Å². The van der Waals surface area contributed by atoms with Crippen LogP contribution in [0.5, 0.6) is 0 Å². The van der Waals surface area contributed by atoms with E-state index in [0.29, 0.717) is 18.1 Å². The standard InChI is InChI=1S/C22H39NO2/c1-2-20-5-3-4-7-23(20)15-21(24)16-25-8-6-22-12-17-9-18(13-22)11-19(10-17)14-22/h17-21,24H,2-16H2,1H3/t17?,18?,19?,20-,21+,22?/m0/s1. The van der Waals surface area contributed by atoms with E-state index < -0.39 is 0 Å². The molecule has 0 aromatic heterocycles. The molecule has 0 radical (unpaired) electrons. The third-order valence-electron chi connectivity index (χ3n) is 7.92. The lowest BCUT2D eigenvalue weighted by Crippen LogP contribution is -2.46. The van der Waals surface area contributed by atoms with Crippen LogP contribution in [0.4, 0.5) is 0 Å². The molecular weight excluding hydrogens is 310 g/mol. The average molecular weight is 350 g/mol. The van der Waals surface area contributed by atoms with Crippen molar-refractivity contribution < 1.29 is 9.84 Å². The van der Waals surface area contributed by atoms with Crippen LogP contribution in [0.15, 0.2) is 0 Å². The number of aliphatic hydroxyl groups is 1. The van der Waals surface area contributed by atoms with E-state index >= 15 is 0 Å². The SMILES string of the molecule is CC[C@H]1CCCCN1C[C@@H](O)COCCC12CC3CC(CC(C3)C1)C2. The molecule has 5 aliphatic rings. The number of aliphatic hydroxyl groups excluding tert-OH is 1. The Kier molecular flexibility index (Phi) is 5.74. The number of piperidine rings is 1. The van der Waals surface area contributed by atoms with Gasteiger partial charge in [-0.15, -0.1) is 0 Å². The molecule has 1 aliphatic heterocycles. The van der Waals surface area contributed by atoms with Gasteiger partial charge in [0.1, 0.15) is 0 Å². The minimum Gasteiger partial charge on any atom is -0.389 e. The van der Waals surface area contributed by atoms with Crippen molar-refractivity contribution in [1.29, 1.82) is 0 Å². The third kappa shape index (κ3) is 4.25. The maximum absolute atomic E-state index is 10.4. The first-order valence-electron chi connectivity index (χ1n) is 11.2. The lowest BCUT2D eigenvalue weighted by molar-refractivity contribution is -0.0748. The lowest BCUT2D eigenvalue weighted by Gasteiger charge is -2.57. The summed E-state index contributed by atoms with van der Waals surface area (Å²) in [6.07, 6.45) is 15.0. The Morgan fingerprint density at radius 2 is 1.76 bits per heavy atom. The van der Waals surface area contributed by atoms with Crippen LogP contribution >= 0.6 is 0 Å². The van der Waals surface area contributed by atoms with Gasteiger partial charge in [-0.05, 0) is 93.9 Å². The van der Waals surface area contributed by atoms with E-state index in [9.17, 15) is 5.11 Å². The summed E-state index contributed by atoms with van der Waals surface area (Å²) in [5, 5.41) is 10.4. The first-order chi connectivity index (χ1) is 12.2. The van der Waals surface area contributed by atoms with Crippen molar-refractivity contribution in [1.82, 2.24) is 4.90 Å². The zero-order valence-electron chi connectivity index (χ0n) is 16.3. The molecule has 1 N–H and O–H groups in total. The van der Waals surface area contributed by atoms with Crippen LogP contribution in [0.25, 0.3) is 0 Å². The Labute approximate surface area is 154 Å². The molecule has 1 heterocycles. The molecule has 25 heavy (non-hydrogen) atoms. The molecule has 0 aromatic carbocycles. The summed E-state index contributed by atoms with van der Waals surface area (Å²) in [6.45, 7) is 5.62. The normalized spacial score (nSPS) is 42.0. The first kappa shape index (κ1) is 18.3. The second-order valence-corrected chi connectivity index (χ2v) is 9.95. The summed E-state index contributed by atoms with van der Waals surface area (Å²) in [7, 11) is 0. The number of ether oxygens (including phenoxy) is 1. The Hall–Kier alpha value is -0.120. The zero-order chi connectivity index (χ0) is 17.3. The van der Waals surface area contributed by atoms with Crippen LogP contribution in [0.3, 0.4) is 0 Å². The molecule has 2 atom stereocenters. The van der Waals surface area contributed by atoms with Gasteiger partial charge in [-0.3, -0.25) is 4.90 Å². The number of nitrogens with zero attached hydrogens (tertiary/aromatic N) is 1. The third-order valence-corrected chi connectivity index (χ3v) is 7.92. The van der Waals surface area contributed by atoms with Crippen molar-refractivity contribution in [2.45, 2.75) is 89.7 Å². The summed E-state index contributed by atoms with van der Waals surface area (Å²) >= 11 is 0. The van der Waals surface area contributed by atoms with E-state index in [1.165, 1.54) is 70.6 Å². The molecule has 0 unspecified atom stereocenters. The maximum Gasteiger partial charge on any atom is 0.0900 e. The second-order valence-electron chi connectivity index (χ2n) is 9.95. The van der Waals surface area contributed by atoms with Crippen molar-refractivity contribution in [2.24, 2.45) is 23.2 Å². The van der Waals surface area contributed by atoms with Gasteiger partial charge in [-0.2, -0.15) is 0 Å². The smallest absolute Gasteiger partial charge is 0.0900 e. The van der Waals surface area contributed by atoms with Crippen LogP contribution in [0.2, 0.25) is 0 Å². The predicted octanol–water partition coefficient (Wildman–Crippen LogP) is 4.23. The summed E-state index contributed by atoms with van der Waals surface area (Å²) in [4.78, 5) is 2.50. The van der Waals surface area contributed by atoms with E-state index in [4.69, 9.17) is 4.74 Å². The van der Waals surface area contributed by atoms with Crippen LogP contribution < -0.4 is 0 Å². The molecule has 0 spiro atoms. The lowest BCUT2D eigenvalue weighted by atomic mass is 9.49. The van der Waals surface area contributed by atoms with E-state index in [1.807, 2.05) is 0 Å². The highest BCUT2D eigenvalue weighted by atomic mass is 16.5. The van der Waals surface area contributed by atoms with Crippen molar-refractivity contribution >= 4 is 0 Å². The predicted molar refractivity (Wildman–Crippen MR) is 102 cm³/mol. The summed E-state index contributed by atoms with van der Waals surface area (Å²) in [5.41, 5.74) is 0.611. The molecule has 4 aliphatic carbocycles. The van der Waals surface area contributed by atoms with Gasteiger partial charge in [0, 0.05) is 19.2 Å². The molecule has 144 valence electrons. The zero-order valence-corrected chi connectivity index (χ0v) is 16.3. The highest BCUT2D eigenvalue weighted by molar-refractivity contribution is 5.01.